The molecule has 0 saturated carbocycles. The van der Waals surface area contributed by atoms with Gasteiger partial charge in [-0.15, -0.1) is 15.3 Å². The molecule has 0 bridgehead atoms. The van der Waals surface area contributed by atoms with Gasteiger partial charge in [-0.2, -0.15) is 0 Å². The molecule has 1 aliphatic heterocycles. The van der Waals surface area contributed by atoms with Crippen LogP contribution < -0.4 is 0 Å². The first kappa shape index (κ1) is 17.5. The fraction of sp³-hybridized carbons (Fsp3) is 0.286. The van der Waals surface area contributed by atoms with E-state index in [1.165, 1.54) is 5.56 Å². The van der Waals surface area contributed by atoms with Gasteiger partial charge in [-0.3, -0.25) is 9.20 Å². The van der Waals surface area contributed by atoms with E-state index in [0.29, 0.717) is 24.7 Å². The van der Waals surface area contributed by atoms with Crippen molar-refractivity contribution in [2.45, 2.75) is 25.7 Å². The normalized spacial score (nSPS) is 15.1. The van der Waals surface area contributed by atoms with Crippen molar-refractivity contribution in [1.29, 1.82) is 0 Å². The second kappa shape index (κ2) is 7.12. The third-order valence-corrected chi connectivity index (χ3v) is 5.50. The maximum atomic E-state index is 12.9. The number of amides is 1. The van der Waals surface area contributed by atoms with Crippen LogP contribution in [0.25, 0.3) is 11.3 Å². The smallest absolute Gasteiger partial charge is 0.276 e. The molecule has 1 aromatic carbocycles. The van der Waals surface area contributed by atoms with Crippen molar-refractivity contribution in [2.75, 3.05) is 13.1 Å². The van der Waals surface area contributed by atoms with Gasteiger partial charge in [-0.25, -0.2) is 4.68 Å². The molecule has 0 N–H and O–H groups in total. The first-order chi connectivity index (χ1) is 14.2. The highest BCUT2D eigenvalue weighted by molar-refractivity contribution is 5.92. The Morgan fingerprint density at radius 2 is 1.79 bits per heavy atom. The molecule has 1 aliphatic rings. The molecule has 8 heteroatoms. The largest absolute Gasteiger partial charge is 0.337 e. The van der Waals surface area contributed by atoms with E-state index in [-0.39, 0.29) is 5.91 Å². The van der Waals surface area contributed by atoms with Crippen LogP contribution in [0.3, 0.4) is 0 Å². The fourth-order valence-corrected chi connectivity index (χ4v) is 3.83. The average Bonchev–Trinajstić information content (AvgIpc) is 3.42. The highest BCUT2D eigenvalue weighted by atomic mass is 16.2. The van der Waals surface area contributed by atoms with Gasteiger partial charge in [-0.1, -0.05) is 29.0 Å². The number of pyridine rings is 1. The van der Waals surface area contributed by atoms with Crippen LogP contribution >= 0.6 is 0 Å². The second-order valence-electron chi connectivity index (χ2n) is 7.44. The molecule has 0 spiro atoms. The Morgan fingerprint density at radius 3 is 2.59 bits per heavy atom. The van der Waals surface area contributed by atoms with Crippen LogP contribution in [0.1, 0.15) is 40.6 Å². The van der Waals surface area contributed by atoms with Gasteiger partial charge in [0.15, 0.2) is 11.3 Å². The van der Waals surface area contributed by atoms with Crippen LogP contribution in [0.4, 0.5) is 0 Å². The van der Waals surface area contributed by atoms with Crippen molar-refractivity contribution < 1.29 is 4.79 Å². The zero-order chi connectivity index (χ0) is 19.8. The number of fused-ring (bicyclic) bond motifs is 1. The number of hydrogen-bond donors (Lipinski definition) is 0. The van der Waals surface area contributed by atoms with Gasteiger partial charge >= 0.3 is 0 Å². The molecule has 1 saturated heterocycles. The van der Waals surface area contributed by atoms with E-state index in [1.54, 1.807) is 10.9 Å². The summed E-state index contributed by atoms with van der Waals surface area (Å²) in [6, 6.07) is 13.8. The lowest BCUT2D eigenvalue weighted by Gasteiger charge is -2.30. The standard InChI is InChI=1S/C21H21N7O/c1-15-5-7-17(8-6-15)28-14-18(22-25-28)21(29)26-12-9-16(10-13-26)20-24-23-19-4-2-3-11-27(19)20/h2-8,11,14,16H,9-10,12-13H2,1H3. The molecule has 0 atom stereocenters. The van der Waals surface area contributed by atoms with Gasteiger partial charge in [0.2, 0.25) is 0 Å². The number of nitrogens with zero attached hydrogens (tertiary/aromatic N) is 7. The summed E-state index contributed by atoms with van der Waals surface area (Å²) in [5.41, 5.74) is 3.29. The molecule has 0 radical (unpaired) electrons. The van der Waals surface area contributed by atoms with Crippen molar-refractivity contribution in [3.05, 3.63) is 71.9 Å². The number of carbonyl (C=O) groups excluding carboxylic acids is 1. The van der Waals surface area contributed by atoms with E-state index in [2.05, 4.69) is 20.5 Å². The highest BCUT2D eigenvalue weighted by Crippen LogP contribution is 2.27. The highest BCUT2D eigenvalue weighted by Gasteiger charge is 2.28. The van der Waals surface area contributed by atoms with Crippen LogP contribution in [0.2, 0.25) is 0 Å². The van der Waals surface area contributed by atoms with Gasteiger partial charge in [-0.05, 0) is 44.0 Å². The van der Waals surface area contributed by atoms with Gasteiger partial charge in [0.1, 0.15) is 5.82 Å². The number of rotatable bonds is 3. The van der Waals surface area contributed by atoms with Gasteiger partial charge in [0, 0.05) is 25.2 Å². The SMILES string of the molecule is Cc1ccc(-n2cc(C(=O)N3CCC(c4nnc5ccccn45)CC3)nn2)cc1. The number of aryl methyl sites for hydroxylation is 1. The summed E-state index contributed by atoms with van der Waals surface area (Å²) in [4.78, 5) is 14.7. The topological polar surface area (TPSA) is 81.2 Å². The third kappa shape index (κ3) is 3.26. The third-order valence-electron chi connectivity index (χ3n) is 5.50. The van der Waals surface area contributed by atoms with Crippen LogP contribution in [0.15, 0.2) is 54.9 Å². The minimum Gasteiger partial charge on any atom is -0.337 e. The molecular formula is C21H21N7O. The Labute approximate surface area is 167 Å². The number of carbonyl (C=O) groups is 1. The van der Waals surface area contributed by atoms with E-state index < -0.39 is 0 Å². The lowest BCUT2D eigenvalue weighted by Crippen LogP contribution is -2.38. The molecule has 5 rings (SSSR count). The van der Waals surface area contributed by atoms with Gasteiger partial charge in [0.05, 0.1) is 11.9 Å². The summed E-state index contributed by atoms with van der Waals surface area (Å²) in [5, 5.41) is 16.8. The molecule has 4 aromatic rings. The van der Waals surface area contributed by atoms with E-state index in [0.717, 1.165) is 30.0 Å². The second-order valence-corrected chi connectivity index (χ2v) is 7.44. The Kier molecular flexibility index (Phi) is 4.31. The first-order valence-corrected chi connectivity index (χ1v) is 9.77. The summed E-state index contributed by atoms with van der Waals surface area (Å²) >= 11 is 0. The summed E-state index contributed by atoms with van der Waals surface area (Å²) in [6.45, 7) is 3.37. The predicted octanol–water partition coefficient (Wildman–Crippen LogP) is 2.64. The van der Waals surface area contributed by atoms with E-state index in [4.69, 9.17) is 0 Å². The summed E-state index contributed by atoms with van der Waals surface area (Å²) in [5.74, 6) is 1.19. The van der Waals surface area contributed by atoms with Gasteiger partial charge in [0.25, 0.3) is 5.91 Å². The number of aromatic nitrogens is 6. The zero-order valence-corrected chi connectivity index (χ0v) is 16.1. The minimum atomic E-state index is -0.0760. The van der Waals surface area contributed by atoms with Crippen LogP contribution in [0, 0.1) is 6.92 Å². The molecule has 29 heavy (non-hydrogen) atoms. The molecule has 0 unspecified atom stereocenters. The van der Waals surface area contributed by atoms with E-state index >= 15 is 0 Å². The summed E-state index contributed by atoms with van der Waals surface area (Å²) in [7, 11) is 0. The quantitative estimate of drug-likeness (QED) is 0.540. The van der Waals surface area contributed by atoms with E-state index in [1.807, 2.05) is 64.9 Å². The van der Waals surface area contributed by atoms with Crippen LogP contribution in [-0.2, 0) is 0 Å². The van der Waals surface area contributed by atoms with Crippen molar-refractivity contribution in [3.8, 4) is 5.69 Å². The van der Waals surface area contributed by atoms with Crippen molar-refractivity contribution in [1.82, 2.24) is 34.5 Å². The fourth-order valence-electron chi connectivity index (χ4n) is 3.83. The Morgan fingerprint density at radius 1 is 1.00 bits per heavy atom. The molecule has 4 heterocycles. The molecule has 1 fully saturated rings. The lowest BCUT2D eigenvalue weighted by molar-refractivity contribution is 0.0705. The Balaban J connectivity index is 1.27. The van der Waals surface area contributed by atoms with E-state index in [9.17, 15) is 4.79 Å². The van der Waals surface area contributed by atoms with Crippen LogP contribution in [-0.4, -0.2) is 53.5 Å². The molecule has 3 aromatic heterocycles. The Hall–Kier alpha value is -3.55. The number of benzene rings is 1. The molecular weight excluding hydrogens is 366 g/mol. The zero-order valence-electron chi connectivity index (χ0n) is 16.1. The molecule has 1 amide bonds. The van der Waals surface area contributed by atoms with Crippen molar-refractivity contribution in [2.24, 2.45) is 0 Å². The van der Waals surface area contributed by atoms with Crippen molar-refractivity contribution >= 4 is 11.6 Å². The summed E-state index contributed by atoms with van der Waals surface area (Å²) < 4.78 is 3.68. The maximum Gasteiger partial charge on any atom is 0.276 e. The average molecular weight is 387 g/mol. The lowest BCUT2D eigenvalue weighted by atomic mass is 9.96. The number of piperidine rings is 1. The first-order valence-electron chi connectivity index (χ1n) is 9.77. The number of hydrogen-bond acceptors (Lipinski definition) is 5. The molecule has 0 aliphatic carbocycles. The van der Waals surface area contributed by atoms with Crippen LogP contribution in [0.5, 0.6) is 0 Å². The van der Waals surface area contributed by atoms with Gasteiger partial charge < -0.3 is 4.90 Å². The summed E-state index contributed by atoms with van der Waals surface area (Å²) in [6.07, 6.45) is 5.40. The molecule has 146 valence electrons. The predicted molar refractivity (Wildman–Crippen MR) is 107 cm³/mol. The Bertz CT molecular complexity index is 1150. The minimum absolute atomic E-state index is 0.0760. The molecule has 8 nitrogen and oxygen atoms in total. The monoisotopic (exact) mass is 387 g/mol. The maximum absolute atomic E-state index is 12.9. The van der Waals surface area contributed by atoms with Crippen molar-refractivity contribution in [3.63, 3.8) is 0 Å². The number of likely N-dealkylation sites (tertiary alicyclic amines) is 1.